The first-order valence-electron chi connectivity index (χ1n) is 7.15. The quantitative estimate of drug-likeness (QED) is 0.640. The number of methoxy groups -OCH3 is 2. The van der Waals surface area contributed by atoms with Crippen molar-refractivity contribution in [2.75, 3.05) is 14.2 Å². The number of aromatic nitrogens is 3. The van der Waals surface area contributed by atoms with E-state index in [0.717, 1.165) is 13.2 Å². The van der Waals surface area contributed by atoms with Gasteiger partial charge in [0.1, 0.15) is 10.8 Å². The van der Waals surface area contributed by atoms with Crippen LogP contribution < -0.4 is 4.74 Å². The van der Waals surface area contributed by atoms with Gasteiger partial charge in [-0.05, 0) is 30.3 Å². The largest absolute Gasteiger partial charge is 0.497 e. The van der Waals surface area contributed by atoms with Crippen molar-refractivity contribution >= 4 is 23.2 Å². The maximum Gasteiger partial charge on any atom is 0.433 e. The van der Waals surface area contributed by atoms with Crippen LogP contribution in [0.15, 0.2) is 30.3 Å². The molecule has 0 saturated heterocycles. The second-order valence-corrected chi connectivity index (χ2v) is 5.52. The van der Waals surface area contributed by atoms with Crippen LogP contribution in [0.3, 0.4) is 0 Å². The Kier molecular flexibility index (Phi) is 4.49. The summed E-state index contributed by atoms with van der Waals surface area (Å²) in [7, 11) is 2.55. The van der Waals surface area contributed by atoms with Gasteiger partial charge in [-0.1, -0.05) is 11.6 Å². The third kappa shape index (κ3) is 3.05. The summed E-state index contributed by atoms with van der Waals surface area (Å²) in [5, 5.41) is 3.30. The summed E-state index contributed by atoms with van der Waals surface area (Å²) in [5.41, 5.74) is -1.43. The van der Waals surface area contributed by atoms with E-state index in [9.17, 15) is 18.0 Å². The van der Waals surface area contributed by atoms with Crippen molar-refractivity contribution < 1.29 is 27.4 Å². The minimum Gasteiger partial charge on any atom is -0.497 e. The molecular formula is C16H11ClF3N3O3. The normalized spacial score (nSPS) is 11.6. The number of fused-ring (bicyclic) bond motifs is 1. The first-order valence-corrected chi connectivity index (χ1v) is 7.53. The number of hydrogen-bond donors (Lipinski definition) is 0. The minimum atomic E-state index is -4.74. The molecule has 0 bridgehead atoms. The standard InChI is InChI=1S/C16H11ClF3N3O3/c1-25-9-5-3-8(4-6-9)10-7-11(16(18,19)20)23-14(21-10)12(17)13(22-23)15(24)26-2/h3-7H,1-2H3. The fourth-order valence-electron chi connectivity index (χ4n) is 2.33. The van der Waals surface area contributed by atoms with E-state index in [-0.39, 0.29) is 16.4 Å². The zero-order chi connectivity index (χ0) is 19.1. The average molecular weight is 386 g/mol. The molecule has 0 fully saturated rings. The summed E-state index contributed by atoms with van der Waals surface area (Å²) in [6.45, 7) is 0. The second-order valence-electron chi connectivity index (χ2n) is 5.14. The Morgan fingerprint density at radius 3 is 2.38 bits per heavy atom. The highest BCUT2D eigenvalue weighted by atomic mass is 35.5. The zero-order valence-electron chi connectivity index (χ0n) is 13.5. The lowest BCUT2D eigenvalue weighted by Crippen LogP contribution is -2.14. The van der Waals surface area contributed by atoms with Crippen molar-refractivity contribution in [2.45, 2.75) is 6.18 Å². The monoisotopic (exact) mass is 385 g/mol. The zero-order valence-corrected chi connectivity index (χ0v) is 14.2. The molecule has 136 valence electrons. The predicted octanol–water partition coefficient (Wildman–Crippen LogP) is 3.86. The summed E-state index contributed by atoms with van der Waals surface area (Å²) in [5.74, 6) is -0.416. The molecule has 0 aliphatic rings. The summed E-state index contributed by atoms with van der Waals surface area (Å²) in [6.07, 6.45) is -4.74. The molecule has 6 nitrogen and oxygen atoms in total. The van der Waals surface area contributed by atoms with Crippen LogP contribution in [-0.2, 0) is 10.9 Å². The van der Waals surface area contributed by atoms with Crippen LogP contribution in [-0.4, -0.2) is 34.8 Å². The Labute approximate surface area is 150 Å². The van der Waals surface area contributed by atoms with Crippen LogP contribution in [0.4, 0.5) is 13.2 Å². The maximum atomic E-state index is 13.5. The third-order valence-corrected chi connectivity index (χ3v) is 3.94. The summed E-state index contributed by atoms with van der Waals surface area (Å²) >= 11 is 6.03. The van der Waals surface area contributed by atoms with Gasteiger partial charge in [0.2, 0.25) is 0 Å². The van der Waals surface area contributed by atoms with Crippen LogP contribution in [0.5, 0.6) is 5.75 Å². The van der Waals surface area contributed by atoms with Crippen molar-refractivity contribution in [3.8, 4) is 17.0 Å². The molecule has 2 heterocycles. The summed E-state index contributed by atoms with van der Waals surface area (Å²) < 4.78 is 50.5. The Hall–Kier alpha value is -2.81. The molecule has 0 aliphatic heterocycles. The van der Waals surface area contributed by atoms with Gasteiger partial charge < -0.3 is 9.47 Å². The summed E-state index contributed by atoms with van der Waals surface area (Å²) in [6, 6.07) is 7.13. The number of halogens is 4. The Bertz CT molecular complexity index is 984. The van der Waals surface area contributed by atoms with E-state index in [1.807, 2.05) is 0 Å². The number of alkyl halides is 3. The number of nitrogens with zero attached hydrogens (tertiary/aromatic N) is 3. The van der Waals surface area contributed by atoms with Gasteiger partial charge in [-0.3, -0.25) is 0 Å². The molecule has 0 N–H and O–H groups in total. The van der Waals surface area contributed by atoms with Crippen LogP contribution in [0.25, 0.3) is 16.9 Å². The minimum absolute atomic E-state index is 0.0192. The first kappa shape index (κ1) is 18.0. The number of ether oxygens (including phenoxy) is 2. The fourth-order valence-corrected chi connectivity index (χ4v) is 2.57. The molecule has 26 heavy (non-hydrogen) atoms. The van der Waals surface area contributed by atoms with Gasteiger partial charge in [-0.25, -0.2) is 14.3 Å². The van der Waals surface area contributed by atoms with Gasteiger partial charge in [0.25, 0.3) is 0 Å². The molecule has 0 unspecified atom stereocenters. The molecule has 0 aliphatic carbocycles. The van der Waals surface area contributed by atoms with Crippen molar-refractivity contribution in [2.24, 2.45) is 0 Å². The van der Waals surface area contributed by atoms with Crippen molar-refractivity contribution in [3.05, 3.63) is 46.7 Å². The summed E-state index contributed by atoms with van der Waals surface area (Å²) in [4.78, 5) is 15.8. The van der Waals surface area contributed by atoms with Gasteiger partial charge in [0, 0.05) is 5.56 Å². The molecule has 0 amide bonds. The van der Waals surface area contributed by atoms with Gasteiger partial charge in [0.05, 0.1) is 19.9 Å². The lowest BCUT2D eigenvalue weighted by atomic mass is 10.1. The number of esters is 1. The third-order valence-electron chi connectivity index (χ3n) is 3.59. The Balaban J connectivity index is 2.28. The van der Waals surface area contributed by atoms with Crippen LogP contribution in [0.2, 0.25) is 5.02 Å². The van der Waals surface area contributed by atoms with Crippen molar-refractivity contribution in [3.63, 3.8) is 0 Å². The molecule has 3 aromatic rings. The lowest BCUT2D eigenvalue weighted by Gasteiger charge is -2.11. The smallest absolute Gasteiger partial charge is 0.433 e. The lowest BCUT2D eigenvalue weighted by molar-refractivity contribution is -0.142. The molecule has 0 atom stereocenters. The maximum absolute atomic E-state index is 13.5. The average Bonchev–Trinajstić information content (AvgIpc) is 2.96. The van der Waals surface area contributed by atoms with Crippen LogP contribution >= 0.6 is 11.6 Å². The number of rotatable bonds is 3. The molecule has 1 aromatic carbocycles. The predicted molar refractivity (Wildman–Crippen MR) is 86.3 cm³/mol. The highest BCUT2D eigenvalue weighted by Crippen LogP contribution is 2.34. The molecular weight excluding hydrogens is 375 g/mol. The Morgan fingerprint density at radius 1 is 1.19 bits per heavy atom. The SMILES string of the molecule is COC(=O)c1nn2c(C(F)(F)F)cc(-c3ccc(OC)cc3)nc2c1Cl. The van der Waals surface area contributed by atoms with E-state index >= 15 is 0 Å². The first-order chi connectivity index (χ1) is 12.3. The molecule has 2 aromatic heterocycles. The molecule has 3 rings (SSSR count). The topological polar surface area (TPSA) is 65.7 Å². The Morgan fingerprint density at radius 2 is 1.85 bits per heavy atom. The molecule has 0 spiro atoms. The van der Waals surface area contributed by atoms with Gasteiger partial charge >= 0.3 is 12.1 Å². The van der Waals surface area contributed by atoms with Crippen molar-refractivity contribution in [1.82, 2.24) is 14.6 Å². The van der Waals surface area contributed by atoms with E-state index < -0.39 is 23.5 Å². The van der Waals surface area contributed by atoms with E-state index in [4.69, 9.17) is 16.3 Å². The van der Waals surface area contributed by atoms with Crippen LogP contribution in [0, 0.1) is 0 Å². The fraction of sp³-hybridized carbons (Fsp3) is 0.188. The highest BCUT2D eigenvalue weighted by molar-refractivity contribution is 6.36. The number of carbonyl (C=O) groups excluding carboxylic acids is 1. The number of benzene rings is 1. The van der Waals surface area contributed by atoms with E-state index in [1.54, 1.807) is 24.3 Å². The van der Waals surface area contributed by atoms with Crippen LogP contribution in [0.1, 0.15) is 16.2 Å². The number of hydrogen-bond acceptors (Lipinski definition) is 5. The van der Waals surface area contributed by atoms with Gasteiger partial charge in [-0.15, -0.1) is 0 Å². The van der Waals surface area contributed by atoms with Gasteiger partial charge in [0.15, 0.2) is 17.0 Å². The highest BCUT2D eigenvalue weighted by Gasteiger charge is 2.36. The number of carbonyl (C=O) groups is 1. The molecule has 0 saturated carbocycles. The van der Waals surface area contributed by atoms with E-state index in [1.165, 1.54) is 7.11 Å². The van der Waals surface area contributed by atoms with E-state index in [0.29, 0.717) is 15.8 Å². The van der Waals surface area contributed by atoms with Gasteiger partial charge in [-0.2, -0.15) is 18.3 Å². The van der Waals surface area contributed by atoms with E-state index in [2.05, 4.69) is 14.8 Å². The second kappa shape index (κ2) is 6.49. The molecule has 0 radical (unpaired) electrons. The van der Waals surface area contributed by atoms with Crippen molar-refractivity contribution in [1.29, 1.82) is 0 Å². The molecule has 10 heteroatoms.